The van der Waals surface area contributed by atoms with Gasteiger partial charge in [-0.2, -0.15) is 0 Å². The Balaban J connectivity index is 1.33. The van der Waals surface area contributed by atoms with Crippen LogP contribution in [0.1, 0.15) is 50.4 Å². The molecule has 4 aliphatic rings. The van der Waals surface area contributed by atoms with Gasteiger partial charge in [-0.25, -0.2) is 23.1 Å². The third-order valence-electron chi connectivity index (χ3n) is 9.95. The number of hydrogen-bond donors (Lipinski definition) is 2. The van der Waals surface area contributed by atoms with Crippen molar-refractivity contribution in [2.24, 2.45) is 0 Å². The first-order valence-corrected chi connectivity index (χ1v) is 15.6. The van der Waals surface area contributed by atoms with E-state index in [9.17, 15) is 13.9 Å². The summed E-state index contributed by atoms with van der Waals surface area (Å²) in [4.78, 5) is 18.3. The van der Waals surface area contributed by atoms with E-state index >= 15 is 4.39 Å². The lowest BCUT2D eigenvalue weighted by molar-refractivity contribution is 0.255. The summed E-state index contributed by atoms with van der Waals surface area (Å²) in [6, 6.07) is 6.54. The van der Waals surface area contributed by atoms with Crippen molar-refractivity contribution in [2.45, 2.75) is 69.2 Å². The Morgan fingerprint density at radius 3 is 2.73 bits per heavy atom. The van der Waals surface area contributed by atoms with Crippen molar-refractivity contribution in [2.75, 3.05) is 31.1 Å². The van der Waals surface area contributed by atoms with E-state index in [-0.39, 0.29) is 22.8 Å². The second-order valence-corrected chi connectivity index (χ2v) is 12.7. The molecule has 8 rings (SSSR count). The highest BCUT2D eigenvalue weighted by Crippen LogP contribution is 2.41. The van der Waals surface area contributed by atoms with Crippen LogP contribution in [0.15, 0.2) is 30.5 Å². The van der Waals surface area contributed by atoms with Gasteiger partial charge < -0.3 is 15.3 Å². The monoisotopic (exact) mass is 598 g/mol. The van der Waals surface area contributed by atoms with Gasteiger partial charge in [0.25, 0.3) is 0 Å². The normalized spacial score (nSPS) is 26.4. The van der Waals surface area contributed by atoms with Crippen LogP contribution < -0.4 is 10.2 Å². The molecule has 0 spiro atoms. The van der Waals surface area contributed by atoms with E-state index in [1.165, 1.54) is 12.1 Å². The number of benzene rings is 2. The Morgan fingerprint density at radius 1 is 1.11 bits per heavy atom. The average Bonchev–Trinajstić information content (AvgIpc) is 3.66. The number of piperazine rings is 1. The molecule has 10 heteroatoms. The number of aromatic nitrogens is 3. The van der Waals surface area contributed by atoms with E-state index in [1.807, 2.05) is 6.92 Å². The minimum atomic E-state index is -0.921. The van der Waals surface area contributed by atoms with Gasteiger partial charge in [0, 0.05) is 49.9 Å². The standard InChI is InChI=1S/C34H33F3N6O/c1-2-24-27(36)7-4-19-12-23(44)13-25(29(19)24)31-30(37)32-26(15-38-31)33(42-17-21-5-6-22(18-42)39-21)41-28(40-32)8-10-34-9-3-11-43(34)16-20(35)14-34/h4,7,12-13,15,20-22,39,44H,2-3,5-6,9,11,14,16-18H2,1H3/t20-,21-,22+,34-/m1/s1. The molecule has 0 unspecified atom stereocenters. The van der Waals surface area contributed by atoms with Gasteiger partial charge in [-0.15, -0.1) is 0 Å². The molecule has 0 amide bonds. The quantitative estimate of drug-likeness (QED) is 0.312. The van der Waals surface area contributed by atoms with Crippen LogP contribution in [0.4, 0.5) is 19.0 Å². The Hall–Kier alpha value is -3.94. The maximum atomic E-state index is 16.8. The molecule has 2 aromatic carbocycles. The first-order chi connectivity index (χ1) is 21.3. The molecular weight excluding hydrogens is 565 g/mol. The van der Waals surface area contributed by atoms with Gasteiger partial charge in [-0.05, 0) is 79.1 Å². The van der Waals surface area contributed by atoms with E-state index in [2.05, 4.69) is 36.9 Å². The first-order valence-electron chi connectivity index (χ1n) is 15.6. The van der Waals surface area contributed by atoms with Gasteiger partial charge in [-0.3, -0.25) is 9.88 Å². The van der Waals surface area contributed by atoms with Crippen LogP contribution in [0.25, 0.3) is 32.9 Å². The lowest BCUT2D eigenvalue weighted by Crippen LogP contribution is -2.51. The number of rotatable bonds is 3. The SMILES string of the molecule is CCc1c(F)ccc2cc(O)cc(-c3ncc4c(N5C[C@H]6CC[C@@H](C5)N6)nc(C#C[C@@]56CCCN5C[C@H](F)C6)nc4c3F)c12. The molecule has 2 N–H and O–H groups in total. The number of nitrogens with one attached hydrogen (secondary N) is 1. The second kappa shape index (κ2) is 10.3. The summed E-state index contributed by atoms with van der Waals surface area (Å²) < 4.78 is 46.1. The summed E-state index contributed by atoms with van der Waals surface area (Å²) in [7, 11) is 0. The Bertz CT molecular complexity index is 1880. The van der Waals surface area contributed by atoms with Crippen molar-refractivity contribution in [1.82, 2.24) is 25.2 Å². The Morgan fingerprint density at radius 2 is 1.93 bits per heavy atom. The summed E-state index contributed by atoms with van der Waals surface area (Å²) in [6.07, 6.45) is 5.26. The number of pyridine rings is 1. The van der Waals surface area contributed by atoms with E-state index in [1.54, 1.807) is 18.3 Å². The molecule has 4 fully saturated rings. The summed E-state index contributed by atoms with van der Waals surface area (Å²) in [5, 5.41) is 15.7. The fourth-order valence-electron chi connectivity index (χ4n) is 8.00. The zero-order chi connectivity index (χ0) is 30.2. The fourth-order valence-corrected chi connectivity index (χ4v) is 8.00. The maximum Gasteiger partial charge on any atom is 0.207 e. The number of nitrogens with zero attached hydrogens (tertiary/aromatic N) is 5. The number of phenols is 1. The molecule has 4 atom stereocenters. The van der Waals surface area contributed by atoms with Crippen LogP contribution in [0.2, 0.25) is 0 Å². The highest BCUT2D eigenvalue weighted by molar-refractivity contribution is 6.01. The van der Waals surface area contributed by atoms with E-state index in [0.717, 1.165) is 45.3 Å². The smallest absolute Gasteiger partial charge is 0.207 e. The molecule has 0 saturated carbocycles. The summed E-state index contributed by atoms with van der Waals surface area (Å²) in [5.41, 5.74) is 0.211. The number of alkyl halides is 1. The largest absolute Gasteiger partial charge is 0.508 e. The van der Waals surface area contributed by atoms with Gasteiger partial charge >= 0.3 is 0 Å². The molecule has 6 heterocycles. The number of hydrogen-bond acceptors (Lipinski definition) is 7. The van der Waals surface area contributed by atoms with Crippen molar-refractivity contribution < 1.29 is 18.3 Å². The van der Waals surface area contributed by atoms with E-state index in [0.29, 0.717) is 64.6 Å². The Labute approximate surface area is 253 Å². The van der Waals surface area contributed by atoms with Crippen LogP contribution in [0.3, 0.4) is 0 Å². The van der Waals surface area contributed by atoms with Crippen molar-refractivity contribution in [3.05, 3.63) is 53.5 Å². The molecular formula is C34H33F3N6O. The van der Waals surface area contributed by atoms with E-state index in [4.69, 9.17) is 4.98 Å². The summed E-state index contributed by atoms with van der Waals surface area (Å²) >= 11 is 0. The maximum absolute atomic E-state index is 16.8. The molecule has 2 aromatic heterocycles. The number of aryl methyl sites for hydroxylation is 1. The third kappa shape index (κ3) is 4.39. The molecule has 2 bridgehead atoms. The highest BCUT2D eigenvalue weighted by atomic mass is 19.1. The topological polar surface area (TPSA) is 77.4 Å². The van der Waals surface area contributed by atoms with Crippen molar-refractivity contribution in [3.63, 3.8) is 0 Å². The average molecular weight is 599 g/mol. The van der Waals surface area contributed by atoms with Crippen LogP contribution in [-0.2, 0) is 6.42 Å². The van der Waals surface area contributed by atoms with Gasteiger partial charge in [0.05, 0.1) is 10.9 Å². The lowest BCUT2D eigenvalue weighted by atomic mass is 9.94. The van der Waals surface area contributed by atoms with Crippen LogP contribution >= 0.6 is 0 Å². The van der Waals surface area contributed by atoms with Crippen LogP contribution in [-0.4, -0.2) is 74.9 Å². The molecule has 44 heavy (non-hydrogen) atoms. The lowest BCUT2D eigenvalue weighted by Gasteiger charge is -2.34. The molecule has 4 aromatic rings. The van der Waals surface area contributed by atoms with Crippen molar-refractivity contribution >= 4 is 27.5 Å². The summed E-state index contributed by atoms with van der Waals surface area (Å²) in [5.74, 6) is 6.05. The predicted octanol–water partition coefficient (Wildman–Crippen LogP) is 5.26. The molecule has 0 radical (unpaired) electrons. The molecule has 0 aliphatic carbocycles. The number of phenolic OH excluding ortho intramolecular Hbond substituents is 1. The minimum Gasteiger partial charge on any atom is -0.508 e. The summed E-state index contributed by atoms with van der Waals surface area (Å²) in [6.45, 7) is 4.46. The van der Waals surface area contributed by atoms with E-state index < -0.39 is 23.3 Å². The van der Waals surface area contributed by atoms with Crippen LogP contribution in [0, 0.1) is 23.5 Å². The van der Waals surface area contributed by atoms with Crippen LogP contribution in [0.5, 0.6) is 5.75 Å². The molecule has 7 nitrogen and oxygen atoms in total. The first kappa shape index (κ1) is 27.6. The molecule has 4 aliphatic heterocycles. The van der Waals surface area contributed by atoms with Gasteiger partial charge in [-0.1, -0.05) is 18.9 Å². The fraction of sp³-hybridized carbons (Fsp3) is 0.441. The minimum absolute atomic E-state index is 0.0285. The Kier molecular flexibility index (Phi) is 6.47. The van der Waals surface area contributed by atoms with Gasteiger partial charge in [0.2, 0.25) is 5.82 Å². The molecule has 226 valence electrons. The highest BCUT2D eigenvalue weighted by Gasteiger charge is 2.47. The third-order valence-corrected chi connectivity index (χ3v) is 9.95. The van der Waals surface area contributed by atoms with Crippen molar-refractivity contribution in [3.8, 4) is 28.8 Å². The van der Waals surface area contributed by atoms with Gasteiger partial charge in [0.1, 0.15) is 34.8 Å². The number of halogens is 3. The second-order valence-electron chi connectivity index (χ2n) is 12.7. The van der Waals surface area contributed by atoms with Crippen molar-refractivity contribution in [1.29, 1.82) is 0 Å². The number of fused-ring (bicyclic) bond motifs is 5. The number of anilines is 1. The van der Waals surface area contributed by atoms with Gasteiger partial charge in [0.15, 0.2) is 5.82 Å². The number of aromatic hydroxyl groups is 1. The zero-order valence-electron chi connectivity index (χ0n) is 24.5. The predicted molar refractivity (Wildman–Crippen MR) is 163 cm³/mol. The molecule has 4 saturated heterocycles. The zero-order valence-corrected chi connectivity index (χ0v) is 24.5.